The zero-order chi connectivity index (χ0) is 14.8. The van der Waals surface area contributed by atoms with Gasteiger partial charge in [-0.1, -0.05) is 25.0 Å². The maximum absolute atomic E-state index is 12.5. The highest BCUT2D eigenvalue weighted by molar-refractivity contribution is 5.79. The number of nitrogens with one attached hydrogen (secondary N) is 1. The van der Waals surface area contributed by atoms with E-state index >= 15 is 0 Å². The van der Waals surface area contributed by atoms with Gasteiger partial charge in [0.2, 0.25) is 5.91 Å². The first-order valence-electron chi connectivity index (χ1n) is 6.85. The van der Waals surface area contributed by atoms with Gasteiger partial charge in [0.15, 0.2) is 0 Å². The van der Waals surface area contributed by atoms with Crippen molar-refractivity contribution in [1.29, 1.82) is 0 Å². The lowest BCUT2D eigenvalue weighted by Crippen LogP contribution is -2.31. The van der Waals surface area contributed by atoms with Gasteiger partial charge in [0.1, 0.15) is 0 Å². The van der Waals surface area contributed by atoms with Crippen LogP contribution in [0.2, 0.25) is 0 Å². The van der Waals surface area contributed by atoms with Crippen LogP contribution in [0.25, 0.3) is 0 Å². The Kier molecular flexibility index (Phi) is 4.35. The van der Waals surface area contributed by atoms with E-state index in [4.69, 9.17) is 0 Å². The van der Waals surface area contributed by atoms with Crippen molar-refractivity contribution in [2.75, 3.05) is 0 Å². The molecule has 0 spiro atoms. The Balaban J connectivity index is 1.98. The van der Waals surface area contributed by atoms with Crippen molar-refractivity contribution in [3.05, 3.63) is 35.4 Å². The molecule has 1 amide bonds. The van der Waals surface area contributed by atoms with Gasteiger partial charge in [0, 0.05) is 5.92 Å². The molecule has 0 saturated heterocycles. The van der Waals surface area contributed by atoms with Gasteiger partial charge in [-0.25, -0.2) is 0 Å². The fraction of sp³-hybridized carbons (Fsp3) is 0.533. The van der Waals surface area contributed by atoms with Gasteiger partial charge in [-0.3, -0.25) is 4.79 Å². The smallest absolute Gasteiger partial charge is 0.349 e. The summed E-state index contributed by atoms with van der Waals surface area (Å²) < 4.78 is 37.4. The van der Waals surface area contributed by atoms with Crippen LogP contribution < -0.4 is 5.32 Å². The fourth-order valence-corrected chi connectivity index (χ4v) is 2.56. The van der Waals surface area contributed by atoms with Gasteiger partial charge in [0.05, 0.1) is 11.6 Å². The molecule has 110 valence electrons. The van der Waals surface area contributed by atoms with Crippen molar-refractivity contribution in [2.24, 2.45) is 5.92 Å². The highest BCUT2D eigenvalue weighted by atomic mass is 19.4. The van der Waals surface area contributed by atoms with Crippen molar-refractivity contribution in [1.82, 2.24) is 5.32 Å². The summed E-state index contributed by atoms with van der Waals surface area (Å²) in [6, 6.07) is 4.66. The van der Waals surface area contributed by atoms with Crippen LogP contribution in [0.4, 0.5) is 13.2 Å². The van der Waals surface area contributed by atoms with E-state index < -0.39 is 11.7 Å². The van der Waals surface area contributed by atoms with Gasteiger partial charge in [-0.2, -0.15) is 13.2 Å². The molecule has 1 fully saturated rings. The number of carbonyl (C=O) groups is 1. The van der Waals surface area contributed by atoms with Crippen LogP contribution in [0.5, 0.6) is 0 Å². The average Bonchev–Trinajstić information content (AvgIpc) is 2.91. The third-order valence-electron chi connectivity index (χ3n) is 3.82. The molecule has 0 unspecified atom stereocenters. The summed E-state index contributed by atoms with van der Waals surface area (Å²) in [7, 11) is 0. The molecule has 1 saturated carbocycles. The Labute approximate surface area is 116 Å². The van der Waals surface area contributed by atoms with E-state index in [0.29, 0.717) is 5.56 Å². The molecule has 1 atom stereocenters. The second-order valence-corrected chi connectivity index (χ2v) is 5.33. The predicted molar refractivity (Wildman–Crippen MR) is 70.0 cm³/mol. The lowest BCUT2D eigenvalue weighted by molar-refractivity contribution is -0.137. The summed E-state index contributed by atoms with van der Waals surface area (Å²) in [6.45, 7) is 1.79. The quantitative estimate of drug-likeness (QED) is 0.891. The normalized spacial score (nSPS) is 18.0. The maximum Gasteiger partial charge on any atom is 0.416 e. The van der Waals surface area contributed by atoms with Crippen LogP contribution in [0.1, 0.15) is 49.8 Å². The maximum atomic E-state index is 12.5. The molecule has 20 heavy (non-hydrogen) atoms. The molecule has 0 aromatic heterocycles. The van der Waals surface area contributed by atoms with Crippen molar-refractivity contribution in [3.63, 3.8) is 0 Å². The zero-order valence-corrected chi connectivity index (χ0v) is 11.3. The molecule has 2 nitrogen and oxygen atoms in total. The summed E-state index contributed by atoms with van der Waals surface area (Å²) in [5.74, 6) is 0.0711. The lowest BCUT2D eigenvalue weighted by Gasteiger charge is -2.18. The first-order chi connectivity index (χ1) is 9.38. The minimum atomic E-state index is -4.32. The molecular weight excluding hydrogens is 267 g/mol. The third-order valence-corrected chi connectivity index (χ3v) is 3.82. The number of hydrogen-bond donors (Lipinski definition) is 1. The minimum absolute atomic E-state index is 0.00916. The second-order valence-electron chi connectivity index (χ2n) is 5.33. The van der Waals surface area contributed by atoms with Gasteiger partial charge in [-0.05, 0) is 37.5 Å². The molecule has 2 rings (SSSR count). The summed E-state index contributed by atoms with van der Waals surface area (Å²) in [6.07, 6.45) is -0.356. The van der Waals surface area contributed by atoms with E-state index in [1.807, 2.05) is 0 Å². The Hall–Kier alpha value is -1.52. The molecule has 0 radical (unpaired) electrons. The van der Waals surface area contributed by atoms with E-state index in [-0.39, 0.29) is 17.9 Å². The number of amides is 1. The van der Waals surface area contributed by atoms with E-state index in [0.717, 1.165) is 37.8 Å². The zero-order valence-electron chi connectivity index (χ0n) is 11.3. The third kappa shape index (κ3) is 3.52. The molecule has 1 aromatic rings. The molecule has 0 heterocycles. The van der Waals surface area contributed by atoms with Crippen molar-refractivity contribution >= 4 is 5.91 Å². The Morgan fingerprint density at radius 2 is 1.75 bits per heavy atom. The number of halogens is 3. The minimum Gasteiger partial charge on any atom is -0.349 e. The molecule has 0 aliphatic heterocycles. The van der Waals surface area contributed by atoms with Crippen molar-refractivity contribution in [2.45, 2.75) is 44.8 Å². The summed E-state index contributed by atoms with van der Waals surface area (Å²) in [5.41, 5.74) is 0.0138. The first-order valence-corrected chi connectivity index (χ1v) is 6.85. The van der Waals surface area contributed by atoms with Gasteiger partial charge in [-0.15, -0.1) is 0 Å². The molecule has 1 aliphatic carbocycles. The summed E-state index contributed by atoms with van der Waals surface area (Å²) >= 11 is 0. The van der Waals surface area contributed by atoms with Gasteiger partial charge in [0.25, 0.3) is 0 Å². The highest BCUT2D eigenvalue weighted by Gasteiger charge is 2.30. The van der Waals surface area contributed by atoms with Crippen LogP contribution in [-0.4, -0.2) is 5.91 Å². The number of alkyl halides is 3. The van der Waals surface area contributed by atoms with Gasteiger partial charge < -0.3 is 5.32 Å². The molecule has 1 N–H and O–H groups in total. The van der Waals surface area contributed by atoms with Crippen LogP contribution in [0, 0.1) is 5.92 Å². The molecule has 1 aliphatic rings. The Morgan fingerprint density at radius 3 is 2.25 bits per heavy atom. The SMILES string of the molecule is C[C@@H](NC(=O)C1CCCC1)c1ccc(C(F)(F)F)cc1. The molecule has 0 bridgehead atoms. The van der Waals surface area contributed by atoms with Crippen molar-refractivity contribution in [3.8, 4) is 0 Å². The van der Waals surface area contributed by atoms with E-state index in [9.17, 15) is 18.0 Å². The standard InChI is InChI=1S/C15H18F3NO/c1-10(19-14(20)12-4-2-3-5-12)11-6-8-13(9-7-11)15(16,17)18/h6-10,12H,2-5H2,1H3,(H,19,20)/t10-/m1/s1. The monoisotopic (exact) mass is 285 g/mol. The predicted octanol–water partition coefficient (Wildman–Crippen LogP) is 4.07. The van der Waals surface area contributed by atoms with Crippen LogP contribution in [0.15, 0.2) is 24.3 Å². The topological polar surface area (TPSA) is 29.1 Å². The van der Waals surface area contributed by atoms with E-state index in [2.05, 4.69) is 5.32 Å². The number of hydrogen-bond acceptors (Lipinski definition) is 1. The summed E-state index contributed by atoms with van der Waals surface area (Å²) in [5, 5.41) is 2.88. The number of rotatable bonds is 3. The summed E-state index contributed by atoms with van der Waals surface area (Å²) in [4.78, 5) is 12.0. The van der Waals surface area contributed by atoms with E-state index in [1.54, 1.807) is 6.92 Å². The van der Waals surface area contributed by atoms with Crippen LogP contribution >= 0.6 is 0 Å². The van der Waals surface area contributed by atoms with Crippen molar-refractivity contribution < 1.29 is 18.0 Å². The second kappa shape index (κ2) is 5.85. The van der Waals surface area contributed by atoms with Crippen LogP contribution in [0.3, 0.4) is 0 Å². The fourth-order valence-electron chi connectivity index (χ4n) is 2.56. The Morgan fingerprint density at radius 1 is 1.20 bits per heavy atom. The molecular formula is C15H18F3NO. The largest absolute Gasteiger partial charge is 0.416 e. The van der Waals surface area contributed by atoms with E-state index in [1.165, 1.54) is 12.1 Å². The number of benzene rings is 1. The Bertz CT molecular complexity index is 461. The number of carbonyl (C=O) groups excluding carboxylic acids is 1. The van der Waals surface area contributed by atoms with Crippen LogP contribution in [-0.2, 0) is 11.0 Å². The first kappa shape index (κ1) is 14.9. The molecule has 5 heteroatoms. The molecule has 1 aromatic carbocycles. The highest BCUT2D eigenvalue weighted by Crippen LogP contribution is 2.30. The van der Waals surface area contributed by atoms with Gasteiger partial charge >= 0.3 is 6.18 Å². The lowest BCUT2D eigenvalue weighted by atomic mass is 10.0. The average molecular weight is 285 g/mol.